The molecule has 0 bridgehead atoms. The van der Waals surface area contributed by atoms with Gasteiger partial charge in [0.1, 0.15) is 23.9 Å². The molecule has 1 aliphatic rings. The number of aliphatic hydroxyl groups excluding tert-OH is 1. The molecule has 5 aromatic heterocycles. The number of hydrogen-bond acceptors (Lipinski definition) is 9. The molecule has 260 valence electrons. The quantitative estimate of drug-likeness (QED) is 0.169. The number of benzene rings is 2. The Hall–Kier alpha value is -6.33. The van der Waals surface area contributed by atoms with Gasteiger partial charge in [0.25, 0.3) is 5.91 Å². The molecular weight excluding hydrogens is 659 g/mol. The minimum absolute atomic E-state index is 0.0391. The summed E-state index contributed by atoms with van der Waals surface area (Å²) in [6, 6.07) is 27.3. The Balaban J connectivity index is 0.000000164. The Morgan fingerprint density at radius 1 is 0.750 bits per heavy atom. The highest BCUT2D eigenvalue weighted by atomic mass is 19.1. The lowest BCUT2D eigenvalue weighted by molar-refractivity contribution is -0.134. The summed E-state index contributed by atoms with van der Waals surface area (Å²) in [4.78, 5) is 36.0. The highest BCUT2D eigenvalue weighted by Crippen LogP contribution is 2.31. The largest absolute Gasteiger partial charge is 0.488 e. The minimum atomic E-state index is -0.320. The number of aliphatic hydroxyl groups is 1. The summed E-state index contributed by atoms with van der Waals surface area (Å²) in [6.07, 6.45) is 12.1. The summed E-state index contributed by atoms with van der Waals surface area (Å²) in [7, 11) is 0. The van der Waals surface area contributed by atoms with E-state index in [4.69, 9.17) is 14.5 Å². The van der Waals surface area contributed by atoms with Crippen molar-refractivity contribution in [2.24, 2.45) is 0 Å². The fourth-order valence-electron chi connectivity index (χ4n) is 6.06. The number of carbonyl (C=O) groups is 1. The van der Waals surface area contributed by atoms with Crippen LogP contribution in [0.1, 0.15) is 18.4 Å². The molecule has 1 amide bonds. The molecule has 1 N–H and O–H groups in total. The van der Waals surface area contributed by atoms with E-state index < -0.39 is 0 Å². The average molecular weight is 695 g/mol. The molecule has 0 spiro atoms. The SMILES string of the molecule is O=C(COc1cc(-c2ccc(F)cc2)nc2ccncc12)N1CCCC1CO.c1ccc(-c2cc(OCc3cccnc3)c3cnccc3n2)cc1. The molecule has 6 heterocycles. The molecule has 1 atom stereocenters. The van der Waals surface area contributed by atoms with Crippen LogP contribution in [-0.4, -0.2) is 66.6 Å². The van der Waals surface area contributed by atoms with Crippen molar-refractivity contribution in [3.05, 3.63) is 140 Å². The molecule has 52 heavy (non-hydrogen) atoms. The first-order valence-electron chi connectivity index (χ1n) is 16.9. The zero-order valence-corrected chi connectivity index (χ0v) is 28.2. The summed E-state index contributed by atoms with van der Waals surface area (Å²) >= 11 is 0. The highest BCUT2D eigenvalue weighted by molar-refractivity contribution is 5.88. The Bertz CT molecular complexity index is 2280. The van der Waals surface area contributed by atoms with Crippen LogP contribution in [0.15, 0.2) is 128 Å². The monoisotopic (exact) mass is 694 g/mol. The first kappa shape index (κ1) is 34.1. The molecule has 1 unspecified atom stereocenters. The molecule has 8 rings (SSSR count). The van der Waals surface area contributed by atoms with Gasteiger partial charge in [0.05, 0.1) is 45.8 Å². The van der Waals surface area contributed by atoms with Gasteiger partial charge in [0, 0.05) is 72.5 Å². The number of pyridine rings is 5. The summed E-state index contributed by atoms with van der Waals surface area (Å²) < 4.78 is 25.1. The van der Waals surface area contributed by atoms with Crippen LogP contribution in [0, 0.1) is 5.82 Å². The molecule has 1 saturated heterocycles. The van der Waals surface area contributed by atoms with Crippen LogP contribution in [0.25, 0.3) is 44.3 Å². The first-order chi connectivity index (χ1) is 25.6. The van der Waals surface area contributed by atoms with Crippen molar-refractivity contribution < 1.29 is 23.8 Å². The van der Waals surface area contributed by atoms with Gasteiger partial charge in [-0.15, -0.1) is 0 Å². The molecule has 11 heteroatoms. The summed E-state index contributed by atoms with van der Waals surface area (Å²) in [6.45, 7) is 0.916. The van der Waals surface area contributed by atoms with Crippen LogP contribution in [0.5, 0.6) is 11.5 Å². The van der Waals surface area contributed by atoms with Gasteiger partial charge in [0.2, 0.25) is 0 Å². The van der Waals surface area contributed by atoms with Crippen molar-refractivity contribution in [1.29, 1.82) is 0 Å². The fraction of sp³-hybridized carbons (Fsp3) is 0.171. The number of halogens is 1. The first-order valence-corrected chi connectivity index (χ1v) is 16.9. The fourth-order valence-corrected chi connectivity index (χ4v) is 6.06. The van der Waals surface area contributed by atoms with Crippen molar-refractivity contribution >= 4 is 27.7 Å². The Kier molecular flexibility index (Phi) is 10.6. The standard InChI is InChI=1S/C21H20FN3O3.C20H15N3O/c22-15-5-3-14(4-6-15)19-10-20(17-11-23-8-7-18(17)24-19)28-13-21(27)25-9-1-2-16(25)12-26;1-2-6-16(7-3-1)19-11-20(17-13-22-10-8-18(17)23-19)24-14-15-5-4-9-21-12-15/h3-8,10-11,16,26H,1-2,9,12-13H2;1-13H,14H2. The van der Waals surface area contributed by atoms with E-state index in [2.05, 4.69) is 19.9 Å². The molecule has 10 nitrogen and oxygen atoms in total. The Labute approximate surface area is 299 Å². The number of carbonyl (C=O) groups excluding carboxylic acids is 1. The van der Waals surface area contributed by atoms with Crippen LogP contribution < -0.4 is 9.47 Å². The average Bonchev–Trinajstić information content (AvgIpc) is 3.69. The van der Waals surface area contributed by atoms with E-state index in [0.717, 1.165) is 51.9 Å². The number of ether oxygens (including phenoxy) is 2. The Morgan fingerprint density at radius 2 is 1.38 bits per heavy atom. The van der Waals surface area contributed by atoms with Crippen molar-refractivity contribution in [2.45, 2.75) is 25.5 Å². The molecule has 0 aliphatic carbocycles. The predicted octanol–water partition coefficient (Wildman–Crippen LogP) is 7.07. The molecule has 7 aromatic rings. The minimum Gasteiger partial charge on any atom is -0.488 e. The lowest BCUT2D eigenvalue weighted by atomic mass is 10.1. The van der Waals surface area contributed by atoms with E-state index in [1.807, 2.05) is 54.6 Å². The number of amides is 1. The van der Waals surface area contributed by atoms with E-state index in [1.54, 1.807) is 66.3 Å². The third kappa shape index (κ3) is 8.00. The maximum atomic E-state index is 13.2. The van der Waals surface area contributed by atoms with Gasteiger partial charge in [-0.1, -0.05) is 36.4 Å². The smallest absolute Gasteiger partial charge is 0.260 e. The second-order valence-electron chi connectivity index (χ2n) is 12.2. The molecule has 1 fully saturated rings. The van der Waals surface area contributed by atoms with Crippen molar-refractivity contribution in [2.75, 3.05) is 19.8 Å². The summed E-state index contributed by atoms with van der Waals surface area (Å²) in [5.74, 6) is 0.787. The lowest BCUT2D eigenvalue weighted by Crippen LogP contribution is -2.40. The Morgan fingerprint density at radius 3 is 2.02 bits per heavy atom. The number of nitrogens with zero attached hydrogens (tertiary/aromatic N) is 6. The summed E-state index contributed by atoms with van der Waals surface area (Å²) in [5, 5.41) is 11.0. The topological polar surface area (TPSA) is 123 Å². The maximum absolute atomic E-state index is 13.2. The highest BCUT2D eigenvalue weighted by Gasteiger charge is 2.28. The molecule has 0 radical (unpaired) electrons. The van der Waals surface area contributed by atoms with Crippen molar-refractivity contribution in [1.82, 2.24) is 29.8 Å². The predicted molar refractivity (Wildman–Crippen MR) is 196 cm³/mol. The normalized spacial score (nSPS) is 13.8. The lowest BCUT2D eigenvalue weighted by Gasteiger charge is -2.23. The third-order valence-corrected chi connectivity index (χ3v) is 8.73. The number of rotatable bonds is 9. The summed E-state index contributed by atoms with van der Waals surface area (Å²) in [5.41, 5.74) is 5.87. The van der Waals surface area contributed by atoms with E-state index >= 15 is 0 Å². The zero-order chi connectivity index (χ0) is 35.7. The molecular formula is C41H35FN6O4. The van der Waals surface area contributed by atoms with E-state index in [0.29, 0.717) is 35.5 Å². The van der Waals surface area contributed by atoms with Crippen LogP contribution in [-0.2, 0) is 11.4 Å². The maximum Gasteiger partial charge on any atom is 0.260 e. The number of fused-ring (bicyclic) bond motifs is 2. The van der Waals surface area contributed by atoms with Gasteiger partial charge in [-0.25, -0.2) is 14.4 Å². The third-order valence-electron chi connectivity index (χ3n) is 8.73. The van der Waals surface area contributed by atoms with Gasteiger partial charge in [-0.3, -0.25) is 19.7 Å². The zero-order valence-electron chi connectivity index (χ0n) is 28.2. The van der Waals surface area contributed by atoms with Gasteiger partial charge in [0.15, 0.2) is 6.61 Å². The number of aromatic nitrogens is 5. The van der Waals surface area contributed by atoms with Gasteiger partial charge in [-0.2, -0.15) is 0 Å². The van der Waals surface area contributed by atoms with Crippen LogP contribution in [0.3, 0.4) is 0 Å². The van der Waals surface area contributed by atoms with Crippen molar-refractivity contribution in [3.63, 3.8) is 0 Å². The second kappa shape index (κ2) is 16.1. The van der Waals surface area contributed by atoms with Crippen LogP contribution >= 0.6 is 0 Å². The molecule has 2 aromatic carbocycles. The number of likely N-dealkylation sites (tertiary alicyclic amines) is 1. The molecule has 1 aliphatic heterocycles. The number of hydrogen-bond donors (Lipinski definition) is 1. The van der Waals surface area contributed by atoms with E-state index in [1.165, 1.54) is 12.1 Å². The van der Waals surface area contributed by atoms with Gasteiger partial charge >= 0.3 is 0 Å². The van der Waals surface area contributed by atoms with Gasteiger partial charge < -0.3 is 19.5 Å². The van der Waals surface area contributed by atoms with Gasteiger partial charge in [-0.05, 0) is 55.3 Å². The van der Waals surface area contributed by atoms with Crippen molar-refractivity contribution in [3.8, 4) is 34.0 Å². The van der Waals surface area contributed by atoms with E-state index in [-0.39, 0.29) is 31.0 Å². The molecule has 0 saturated carbocycles. The van der Waals surface area contributed by atoms with Crippen LogP contribution in [0.4, 0.5) is 4.39 Å². The van der Waals surface area contributed by atoms with Crippen LogP contribution in [0.2, 0.25) is 0 Å². The van der Waals surface area contributed by atoms with E-state index in [9.17, 15) is 14.3 Å². The second-order valence-corrected chi connectivity index (χ2v) is 12.2.